The quantitative estimate of drug-likeness (QED) is 0.773. The summed E-state index contributed by atoms with van der Waals surface area (Å²) in [7, 11) is 0. The van der Waals surface area contributed by atoms with E-state index >= 15 is 0 Å². The van der Waals surface area contributed by atoms with Crippen molar-refractivity contribution in [1.82, 2.24) is 4.98 Å². The number of nitrogens with two attached hydrogens (primary N) is 1. The van der Waals surface area contributed by atoms with Gasteiger partial charge in [0.05, 0.1) is 18.2 Å². The molecule has 0 radical (unpaired) electrons. The van der Waals surface area contributed by atoms with Gasteiger partial charge < -0.3 is 20.7 Å². The van der Waals surface area contributed by atoms with Gasteiger partial charge in [0.15, 0.2) is 0 Å². The van der Waals surface area contributed by atoms with Gasteiger partial charge in [-0.1, -0.05) is 0 Å². The summed E-state index contributed by atoms with van der Waals surface area (Å²) in [4.78, 5) is 18.5. The topological polar surface area (TPSA) is 80.5 Å². The summed E-state index contributed by atoms with van der Waals surface area (Å²) in [5.41, 5.74) is 6.95. The van der Waals surface area contributed by atoms with Gasteiger partial charge in [-0.2, -0.15) is 0 Å². The number of anilines is 2. The van der Waals surface area contributed by atoms with Gasteiger partial charge in [0.25, 0.3) is 5.91 Å². The third-order valence-electron chi connectivity index (χ3n) is 3.66. The number of aromatic nitrogens is 1. The standard InChI is InChI=1S/C16H19FN4O2S.2ClH/c17-11-7-12(9-13(8-11)21-3-5-23-6-4-21)19-16(22)14-10-24-15(20-14)1-2-18;;/h7-10H,1-6,18H2,(H,19,22);2*1H. The van der Waals surface area contributed by atoms with Crippen LogP contribution in [0.3, 0.4) is 0 Å². The highest BCUT2D eigenvalue weighted by atomic mass is 35.5. The Morgan fingerprint density at radius 3 is 2.73 bits per heavy atom. The van der Waals surface area contributed by atoms with Crippen molar-refractivity contribution in [2.45, 2.75) is 6.42 Å². The van der Waals surface area contributed by atoms with Crippen LogP contribution in [-0.2, 0) is 11.2 Å². The van der Waals surface area contributed by atoms with Crippen LogP contribution in [0.2, 0.25) is 0 Å². The second-order valence-corrected chi connectivity index (χ2v) is 6.36. The highest BCUT2D eigenvalue weighted by Crippen LogP contribution is 2.23. The number of rotatable bonds is 5. The molecule has 0 bridgehead atoms. The summed E-state index contributed by atoms with van der Waals surface area (Å²) >= 11 is 1.39. The van der Waals surface area contributed by atoms with Gasteiger partial charge in [0, 0.05) is 36.3 Å². The van der Waals surface area contributed by atoms with E-state index in [9.17, 15) is 9.18 Å². The fourth-order valence-corrected chi connectivity index (χ4v) is 3.29. The number of hydrogen-bond donors (Lipinski definition) is 2. The Kier molecular flexibility index (Phi) is 9.24. The molecule has 0 spiro atoms. The van der Waals surface area contributed by atoms with Crippen LogP contribution in [0, 0.1) is 5.82 Å². The van der Waals surface area contributed by atoms with Crippen molar-refractivity contribution < 1.29 is 13.9 Å². The molecular weight excluding hydrogens is 402 g/mol. The maximum atomic E-state index is 13.9. The fraction of sp³-hybridized carbons (Fsp3) is 0.375. The molecule has 1 saturated heterocycles. The number of nitrogens with one attached hydrogen (secondary N) is 1. The molecule has 3 N–H and O–H groups in total. The van der Waals surface area contributed by atoms with Gasteiger partial charge in [-0.15, -0.1) is 36.2 Å². The van der Waals surface area contributed by atoms with E-state index in [0.29, 0.717) is 50.7 Å². The number of halogens is 3. The Morgan fingerprint density at radius 1 is 1.31 bits per heavy atom. The maximum Gasteiger partial charge on any atom is 0.275 e. The molecule has 0 unspecified atom stereocenters. The molecule has 10 heteroatoms. The molecular formula is C16H21Cl2FN4O2S. The van der Waals surface area contributed by atoms with Crippen molar-refractivity contribution in [2.75, 3.05) is 43.1 Å². The molecule has 1 aromatic heterocycles. The SMILES string of the molecule is Cl.Cl.NCCc1nc(C(=O)Nc2cc(F)cc(N3CCOCC3)c2)cs1. The lowest BCUT2D eigenvalue weighted by Crippen LogP contribution is -2.36. The van der Waals surface area contributed by atoms with Crippen LogP contribution in [0.25, 0.3) is 0 Å². The smallest absolute Gasteiger partial charge is 0.275 e. The van der Waals surface area contributed by atoms with E-state index in [1.165, 1.54) is 23.5 Å². The Labute approximate surface area is 167 Å². The predicted octanol–water partition coefficient (Wildman–Crippen LogP) is 2.72. The summed E-state index contributed by atoms with van der Waals surface area (Å²) in [6.07, 6.45) is 0.638. The van der Waals surface area contributed by atoms with E-state index in [1.54, 1.807) is 11.4 Å². The molecule has 2 aromatic rings. The number of hydrogen-bond acceptors (Lipinski definition) is 6. The zero-order valence-electron chi connectivity index (χ0n) is 13.9. The highest BCUT2D eigenvalue weighted by Gasteiger charge is 2.15. The lowest BCUT2D eigenvalue weighted by atomic mass is 10.2. The average molecular weight is 423 g/mol. The van der Waals surface area contributed by atoms with E-state index in [-0.39, 0.29) is 30.7 Å². The molecule has 1 aliphatic rings. The summed E-state index contributed by atoms with van der Waals surface area (Å²) < 4.78 is 19.2. The zero-order chi connectivity index (χ0) is 16.9. The Balaban J connectivity index is 0.00000169. The first kappa shape index (κ1) is 22.6. The molecule has 1 aliphatic heterocycles. The average Bonchev–Trinajstić information content (AvgIpc) is 3.04. The molecule has 144 valence electrons. The number of amides is 1. The van der Waals surface area contributed by atoms with Crippen molar-refractivity contribution in [3.8, 4) is 0 Å². The van der Waals surface area contributed by atoms with Crippen LogP contribution in [0.4, 0.5) is 15.8 Å². The molecule has 26 heavy (non-hydrogen) atoms. The van der Waals surface area contributed by atoms with E-state index in [0.717, 1.165) is 10.7 Å². The summed E-state index contributed by atoms with van der Waals surface area (Å²) in [5.74, 6) is -0.746. The lowest BCUT2D eigenvalue weighted by molar-refractivity contribution is 0.102. The fourth-order valence-electron chi connectivity index (χ4n) is 2.50. The van der Waals surface area contributed by atoms with Gasteiger partial charge in [-0.3, -0.25) is 4.79 Å². The minimum Gasteiger partial charge on any atom is -0.378 e. The molecule has 2 heterocycles. The van der Waals surface area contributed by atoms with Crippen LogP contribution in [0.15, 0.2) is 23.6 Å². The van der Waals surface area contributed by atoms with Gasteiger partial charge in [0.2, 0.25) is 0 Å². The normalized spacial score (nSPS) is 13.5. The Bertz CT molecular complexity index is 726. The van der Waals surface area contributed by atoms with E-state index in [2.05, 4.69) is 10.3 Å². The maximum absolute atomic E-state index is 13.9. The number of ether oxygens (including phenoxy) is 1. The second kappa shape index (κ2) is 10.6. The number of thiazole rings is 1. The Hall–Kier alpha value is -1.45. The minimum atomic E-state index is -0.392. The number of morpholine rings is 1. The zero-order valence-corrected chi connectivity index (χ0v) is 16.4. The molecule has 0 saturated carbocycles. The third-order valence-corrected chi connectivity index (χ3v) is 4.57. The number of benzene rings is 1. The molecule has 1 fully saturated rings. The number of carbonyl (C=O) groups is 1. The van der Waals surface area contributed by atoms with E-state index in [1.807, 2.05) is 4.90 Å². The minimum absolute atomic E-state index is 0. The van der Waals surface area contributed by atoms with Gasteiger partial charge >= 0.3 is 0 Å². The number of carbonyl (C=O) groups excluding carboxylic acids is 1. The van der Waals surface area contributed by atoms with Crippen molar-refractivity contribution in [1.29, 1.82) is 0 Å². The number of nitrogens with zero attached hydrogens (tertiary/aromatic N) is 2. The third kappa shape index (κ3) is 5.78. The molecule has 0 aliphatic carbocycles. The summed E-state index contributed by atoms with van der Waals surface area (Å²) in [5, 5.41) is 5.21. The van der Waals surface area contributed by atoms with Crippen molar-refractivity contribution in [2.24, 2.45) is 5.73 Å². The van der Waals surface area contributed by atoms with Crippen LogP contribution in [0.5, 0.6) is 0 Å². The van der Waals surface area contributed by atoms with Crippen LogP contribution in [-0.4, -0.2) is 43.7 Å². The first-order valence-electron chi connectivity index (χ1n) is 7.75. The molecule has 1 aromatic carbocycles. The molecule has 6 nitrogen and oxygen atoms in total. The van der Waals surface area contributed by atoms with Gasteiger partial charge in [-0.25, -0.2) is 9.37 Å². The Morgan fingerprint density at radius 2 is 2.04 bits per heavy atom. The highest BCUT2D eigenvalue weighted by molar-refractivity contribution is 7.09. The van der Waals surface area contributed by atoms with E-state index < -0.39 is 5.82 Å². The lowest BCUT2D eigenvalue weighted by Gasteiger charge is -2.29. The van der Waals surface area contributed by atoms with E-state index in [4.69, 9.17) is 10.5 Å². The van der Waals surface area contributed by atoms with Crippen LogP contribution in [0.1, 0.15) is 15.5 Å². The van der Waals surface area contributed by atoms with Gasteiger partial charge in [0.1, 0.15) is 11.5 Å². The van der Waals surface area contributed by atoms with Crippen LogP contribution >= 0.6 is 36.2 Å². The molecule has 0 atom stereocenters. The van der Waals surface area contributed by atoms with Crippen molar-refractivity contribution in [3.63, 3.8) is 0 Å². The van der Waals surface area contributed by atoms with Crippen LogP contribution < -0.4 is 16.0 Å². The summed E-state index contributed by atoms with van der Waals surface area (Å²) in [6, 6.07) is 4.53. The predicted molar refractivity (Wildman–Crippen MR) is 107 cm³/mol. The molecule has 1 amide bonds. The monoisotopic (exact) mass is 422 g/mol. The van der Waals surface area contributed by atoms with Crippen molar-refractivity contribution >= 4 is 53.4 Å². The first-order valence-corrected chi connectivity index (χ1v) is 8.63. The second-order valence-electron chi connectivity index (χ2n) is 5.42. The summed E-state index contributed by atoms with van der Waals surface area (Å²) in [6.45, 7) is 3.11. The van der Waals surface area contributed by atoms with Crippen molar-refractivity contribution in [3.05, 3.63) is 40.1 Å². The van der Waals surface area contributed by atoms with Gasteiger partial charge in [-0.05, 0) is 24.7 Å². The molecule has 3 rings (SSSR count). The first-order chi connectivity index (χ1) is 11.7. The largest absolute Gasteiger partial charge is 0.378 e.